The Kier molecular flexibility index (Phi) is 6.74. The number of rotatable bonds is 5. The van der Waals surface area contributed by atoms with Gasteiger partial charge in [0.2, 0.25) is 5.91 Å². The monoisotopic (exact) mass is 370 g/mol. The van der Waals surface area contributed by atoms with Gasteiger partial charge in [-0.1, -0.05) is 12.1 Å². The van der Waals surface area contributed by atoms with E-state index in [1.54, 1.807) is 32.4 Å². The second-order valence-electron chi connectivity index (χ2n) is 5.69. The average molecular weight is 370 g/mol. The summed E-state index contributed by atoms with van der Waals surface area (Å²) in [6.45, 7) is 4.06. The molecule has 0 unspecified atom stereocenters. The predicted molar refractivity (Wildman–Crippen MR) is 109 cm³/mol. The van der Waals surface area contributed by atoms with Crippen LogP contribution in [0.15, 0.2) is 42.5 Å². The highest BCUT2D eigenvalue weighted by molar-refractivity contribution is 7.80. The van der Waals surface area contributed by atoms with E-state index in [1.165, 1.54) is 11.6 Å². The summed E-state index contributed by atoms with van der Waals surface area (Å²) in [5, 5.41) is 5.87. The van der Waals surface area contributed by atoms with Gasteiger partial charge in [0.05, 0.1) is 14.2 Å². The fourth-order valence-electron chi connectivity index (χ4n) is 2.26. The van der Waals surface area contributed by atoms with Crippen molar-refractivity contribution in [3.63, 3.8) is 0 Å². The quantitative estimate of drug-likeness (QED) is 0.618. The van der Waals surface area contributed by atoms with Gasteiger partial charge in [-0.05, 0) is 73.1 Å². The second-order valence-corrected chi connectivity index (χ2v) is 6.10. The summed E-state index contributed by atoms with van der Waals surface area (Å²) < 4.78 is 10.4. The van der Waals surface area contributed by atoms with Crippen molar-refractivity contribution in [1.29, 1.82) is 0 Å². The molecule has 0 aliphatic rings. The van der Waals surface area contributed by atoms with Crippen LogP contribution in [-0.4, -0.2) is 25.2 Å². The summed E-state index contributed by atoms with van der Waals surface area (Å²) in [6, 6.07) is 11.3. The van der Waals surface area contributed by atoms with Crippen LogP contribution in [0.3, 0.4) is 0 Å². The van der Waals surface area contributed by atoms with Gasteiger partial charge in [0, 0.05) is 11.8 Å². The van der Waals surface area contributed by atoms with Crippen molar-refractivity contribution < 1.29 is 14.3 Å². The molecule has 26 heavy (non-hydrogen) atoms. The van der Waals surface area contributed by atoms with E-state index in [-0.39, 0.29) is 11.0 Å². The van der Waals surface area contributed by atoms with Crippen LogP contribution >= 0.6 is 12.2 Å². The van der Waals surface area contributed by atoms with Crippen LogP contribution in [0.2, 0.25) is 0 Å². The topological polar surface area (TPSA) is 59.6 Å². The first kappa shape index (κ1) is 19.5. The third-order valence-electron chi connectivity index (χ3n) is 3.84. The summed E-state index contributed by atoms with van der Waals surface area (Å²) in [5.41, 5.74) is 3.99. The van der Waals surface area contributed by atoms with Crippen LogP contribution in [0.5, 0.6) is 11.5 Å². The summed E-state index contributed by atoms with van der Waals surface area (Å²) in [6.07, 6.45) is 3.09. The van der Waals surface area contributed by atoms with Gasteiger partial charge in [-0.25, -0.2) is 0 Å². The normalized spacial score (nSPS) is 10.5. The van der Waals surface area contributed by atoms with Crippen LogP contribution in [-0.2, 0) is 4.79 Å². The number of amides is 1. The number of carbonyl (C=O) groups is 1. The highest BCUT2D eigenvalue weighted by Gasteiger charge is 2.05. The zero-order valence-corrected chi connectivity index (χ0v) is 16.1. The Morgan fingerprint density at radius 3 is 2.38 bits per heavy atom. The molecule has 0 radical (unpaired) electrons. The number of carbonyl (C=O) groups excluding carboxylic acids is 1. The van der Waals surface area contributed by atoms with Crippen molar-refractivity contribution in [2.24, 2.45) is 0 Å². The molecule has 0 aliphatic carbocycles. The summed E-state index contributed by atoms with van der Waals surface area (Å²) in [7, 11) is 3.14. The first-order valence-electron chi connectivity index (χ1n) is 8.02. The molecule has 0 fully saturated rings. The van der Waals surface area contributed by atoms with E-state index in [0.29, 0.717) is 11.5 Å². The molecule has 0 atom stereocenters. The molecule has 2 aromatic rings. The molecule has 1 amide bonds. The summed E-state index contributed by atoms with van der Waals surface area (Å²) >= 11 is 5.18. The molecule has 136 valence electrons. The Labute approximate surface area is 159 Å². The Morgan fingerprint density at radius 1 is 1.00 bits per heavy atom. The van der Waals surface area contributed by atoms with Crippen LogP contribution < -0.4 is 20.1 Å². The van der Waals surface area contributed by atoms with Crippen LogP contribution in [0.25, 0.3) is 6.08 Å². The molecule has 6 heteroatoms. The van der Waals surface area contributed by atoms with Gasteiger partial charge in [0.25, 0.3) is 0 Å². The fourth-order valence-corrected chi connectivity index (χ4v) is 2.48. The van der Waals surface area contributed by atoms with Gasteiger partial charge in [0.15, 0.2) is 16.6 Å². The third-order valence-corrected chi connectivity index (χ3v) is 4.04. The fraction of sp³-hybridized carbons (Fsp3) is 0.200. The SMILES string of the molecule is COc1ccc(/C=C/C(=O)NC(=S)Nc2ccc(C)c(C)c2)cc1OC. The number of methoxy groups -OCH3 is 2. The molecule has 0 bridgehead atoms. The molecule has 0 saturated carbocycles. The lowest BCUT2D eigenvalue weighted by atomic mass is 10.1. The molecule has 0 heterocycles. The van der Waals surface area contributed by atoms with Gasteiger partial charge in [-0.15, -0.1) is 0 Å². The Hall–Kier alpha value is -2.86. The summed E-state index contributed by atoms with van der Waals surface area (Å²) in [5.74, 6) is 0.913. The first-order valence-corrected chi connectivity index (χ1v) is 8.43. The predicted octanol–water partition coefficient (Wildman–Crippen LogP) is 3.85. The van der Waals surface area contributed by atoms with E-state index in [2.05, 4.69) is 10.6 Å². The molecule has 0 aromatic heterocycles. The van der Waals surface area contributed by atoms with Crippen molar-refractivity contribution in [2.45, 2.75) is 13.8 Å². The molecule has 2 aromatic carbocycles. The second kappa shape index (κ2) is 9.01. The maximum absolute atomic E-state index is 12.0. The van der Waals surface area contributed by atoms with Crippen LogP contribution in [0.4, 0.5) is 5.69 Å². The Balaban J connectivity index is 1.96. The van der Waals surface area contributed by atoms with Gasteiger partial charge in [-0.3, -0.25) is 10.1 Å². The highest BCUT2D eigenvalue weighted by atomic mass is 32.1. The van der Waals surface area contributed by atoms with E-state index in [9.17, 15) is 4.79 Å². The molecule has 2 rings (SSSR count). The lowest BCUT2D eigenvalue weighted by molar-refractivity contribution is -0.115. The zero-order chi connectivity index (χ0) is 19.1. The average Bonchev–Trinajstić information content (AvgIpc) is 2.62. The minimum Gasteiger partial charge on any atom is -0.493 e. The molecule has 0 spiro atoms. The number of hydrogen-bond acceptors (Lipinski definition) is 4. The van der Waals surface area contributed by atoms with Crippen molar-refractivity contribution in [3.05, 3.63) is 59.2 Å². The number of ether oxygens (including phenoxy) is 2. The molecule has 0 saturated heterocycles. The van der Waals surface area contributed by atoms with Crippen LogP contribution in [0, 0.1) is 13.8 Å². The number of benzene rings is 2. The lowest BCUT2D eigenvalue weighted by Crippen LogP contribution is -2.32. The van der Waals surface area contributed by atoms with Crippen molar-refractivity contribution >= 4 is 35.0 Å². The minimum absolute atomic E-state index is 0.246. The van der Waals surface area contributed by atoms with Gasteiger partial charge in [0.1, 0.15) is 0 Å². The third kappa shape index (κ3) is 5.32. The maximum atomic E-state index is 12.0. The molecule has 5 nitrogen and oxygen atoms in total. The maximum Gasteiger partial charge on any atom is 0.250 e. The van der Waals surface area contributed by atoms with Crippen LogP contribution in [0.1, 0.15) is 16.7 Å². The molecular weight excluding hydrogens is 348 g/mol. The number of hydrogen-bond donors (Lipinski definition) is 2. The van der Waals surface area contributed by atoms with E-state index < -0.39 is 0 Å². The van der Waals surface area contributed by atoms with Crippen molar-refractivity contribution in [3.8, 4) is 11.5 Å². The number of aryl methyl sites for hydroxylation is 2. The highest BCUT2D eigenvalue weighted by Crippen LogP contribution is 2.27. The zero-order valence-electron chi connectivity index (χ0n) is 15.3. The smallest absolute Gasteiger partial charge is 0.250 e. The van der Waals surface area contributed by atoms with Crippen molar-refractivity contribution in [2.75, 3.05) is 19.5 Å². The largest absolute Gasteiger partial charge is 0.493 e. The number of anilines is 1. The number of nitrogens with one attached hydrogen (secondary N) is 2. The lowest BCUT2D eigenvalue weighted by Gasteiger charge is -2.10. The van der Waals surface area contributed by atoms with E-state index in [1.807, 2.05) is 38.1 Å². The van der Waals surface area contributed by atoms with Gasteiger partial charge < -0.3 is 14.8 Å². The van der Waals surface area contributed by atoms with E-state index in [0.717, 1.165) is 16.8 Å². The first-order chi connectivity index (χ1) is 12.4. The molecule has 0 aliphatic heterocycles. The summed E-state index contributed by atoms with van der Waals surface area (Å²) in [4.78, 5) is 12.0. The van der Waals surface area contributed by atoms with Gasteiger partial charge in [-0.2, -0.15) is 0 Å². The van der Waals surface area contributed by atoms with E-state index >= 15 is 0 Å². The molecule has 2 N–H and O–H groups in total. The number of thiocarbonyl (C=S) groups is 1. The minimum atomic E-state index is -0.318. The molecular formula is C20H22N2O3S. The Bertz CT molecular complexity index is 847. The Morgan fingerprint density at radius 2 is 1.73 bits per heavy atom. The standard InChI is InChI=1S/C20H22N2O3S/c1-13-5-8-16(11-14(13)2)21-20(26)22-19(23)10-7-15-6-9-17(24-3)18(12-15)25-4/h5-12H,1-4H3,(H2,21,22,23,26)/b10-7+. The van der Waals surface area contributed by atoms with Gasteiger partial charge >= 0.3 is 0 Å². The van der Waals surface area contributed by atoms with E-state index in [4.69, 9.17) is 21.7 Å². The van der Waals surface area contributed by atoms with Crippen molar-refractivity contribution in [1.82, 2.24) is 5.32 Å².